The first-order valence-electron chi connectivity index (χ1n) is 8.78. The van der Waals surface area contributed by atoms with E-state index in [1.165, 1.54) is 37.3 Å². The maximum Gasteiger partial charge on any atom is 0.413 e. The van der Waals surface area contributed by atoms with Gasteiger partial charge in [-0.25, -0.2) is 18.6 Å². The van der Waals surface area contributed by atoms with Gasteiger partial charge in [-0.1, -0.05) is 0 Å². The zero-order valence-corrected chi connectivity index (χ0v) is 15.6. The highest BCUT2D eigenvalue weighted by atomic mass is 19.1. The van der Waals surface area contributed by atoms with Crippen LogP contribution in [0.1, 0.15) is 12.5 Å². The van der Waals surface area contributed by atoms with Crippen LogP contribution < -0.4 is 14.8 Å². The number of carbonyl (C=O) groups excluding carboxylic acids is 2. The average Bonchev–Trinajstić information content (AvgIpc) is 3.00. The minimum Gasteiger partial charge on any atom is -0.481 e. The van der Waals surface area contributed by atoms with Crippen LogP contribution in [-0.4, -0.2) is 47.9 Å². The van der Waals surface area contributed by atoms with E-state index in [0.29, 0.717) is 5.88 Å². The molecule has 0 radical (unpaired) electrons. The topological polar surface area (TPSA) is 90.0 Å². The lowest BCUT2D eigenvalue weighted by atomic mass is 10.0. The predicted octanol–water partition coefficient (Wildman–Crippen LogP) is 2.21. The summed E-state index contributed by atoms with van der Waals surface area (Å²) in [6, 6.07) is 4.05. The highest BCUT2D eigenvalue weighted by Gasteiger charge is 2.47. The number of fused-ring (bicyclic) bond motifs is 2. The molecule has 2 atom stereocenters. The van der Waals surface area contributed by atoms with E-state index in [9.17, 15) is 14.0 Å². The van der Waals surface area contributed by atoms with E-state index in [4.69, 9.17) is 14.2 Å². The lowest BCUT2D eigenvalue weighted by Crippen LogP contribution is -2.47. The highest BCUT2D eigenvalue weighted by Crippen LogP contribution is 2.40. The van der Waals surface area contributed by atoms with Crippen LogP contribution in [0.2, 0.25) is 0 Å². The molecule has 0 bridgehead atoms. The van der Waals surface area contributed by atoms with Crippen LogP contribution in [0.5, 0.6) is 11.6 Å². The summed E-state index contributed by atoms with van der Waals surface area (Å²) < 4.78 is 45.8. The molecule has 2 aliphatic heterocycles. The second kappa shape index (κ2) is 7.19. The van der Waals surface area contributed by atoms with Gasteiger partial charge in [-0.15, -0.1) is 0 Å². The van der Waals surface area contributed by atoms with Crippen molar-refractivity contribution in [1.29, 1.82) is 0 Å². The minimum atomic E-state index is -0.894. The van der Waals surface area contributed by atoms with Gasteiger partial charge in [0, 0.05) is 30.8 Å². The van der Waals surface area contributed by atoms with Crippen molar-refractivity contribution < 1.29 is 32.6 Å². The van der Waals surface area contributed by atoms with E-state index < -0.39 is 30.1 Å². The van der Waals surface area contributed by atoms with Crippen LogP contribution in [-0.2, 0) is 16.1 Å². The summed E-state index contributed by atoms with van der Waals surface area (Å²) in [5.74, 6) is -1.68. The Morgan fingerprint density at radius 3 is 2.83 bits per heavy atom. The number of amides is 2. The third-order valence-electron chi connectivity index (χ3n) is 4.75. The van der Waals surface area contributed by atoms with E-state index in [1.54, 1.807) is 0 Å². The third kappa shape index (κ3) is 3.30. The number of cyclic esters (lactones) is 1. The first-order chi connectivity index (χ1) is 13.9. The van der Waals surface area contributed by atoms with E-state index in [-0.39, 0.29) is 41.4 Å². The van der Waals surface area contributed by atoms with Crippen LogP contribution in [0.15, 0.2) is 24.4 Å². The van der Waals surface area contributed by atoms with Crippen molar-refractivity contribution in [2.24, 2.45) is 0 Å². The molecule has 1 fully saturated rings. The standard InChI is InChI=1S/C19H17F2N3O5/c1-9(25)22-7-14-18-24(19(26)29-14)8-11-13(28-18)5-12(20)16(17(11)21)10-3-4-15(27-2)23-6-10/h3-6,14,18H,7-8H2,1-2H3,(H,22,25)/t14-,18-/m0/s1. The van der Waals surface area contributed by atoms with E-state index in [0.717, 1.165) is 6.07 Å². The fourth-order valence-electron chi connectivity index (χ4n) is 3.35. The van der Waals surface area contributed by atoms with Crippen molar-refractivity contribution in [3.63, 3.8) is 0 Å². The number of aromatic nitrogens is 1. The second-order valence-electron chi connectivity index (χ2n) is 6.61. The number of methoxy groups -OCH3 is 1. The summed E-state index contributed by atoms with van der Waals surface area (Å²) in [4.78, 5) is 28.5. The molecule has 1 aromatic heterocycles. The van der Waals surface area contributed by atoms with Gasteiger partial charge in [-0.3, -0.25) is 9.69 Å². The Bertz CT molecular complexity index is 983. The molecule has 8 nitrogen and oxygen atoms in total. The number of pyridine rings is 1. The number of carbonyl (C=O) groups is 2. The number of nitrogens with zero attached hydrogens (tertiary/aromatic N) is 2. The van der Waals surface area contributed by atoms with Gasteiger partial charge in [0.25, 0.3) is 0 Å². The van der Waals surface area contributed by atoms with E-state index in [2.05, 4.69) is 10.3 Å². The van der Waals surface area contributed by atoms with E-state index in [1.807, 2.05) is 0 Å². The molecule has 2 aromatic rings. The summed E-state index contributed by atoms with van der Waals surface area (Å²) in [6.45, 7) is 1.20. The van der Waals surface area contributed by atoms with Crippen molar-refractivity contribution in [2.75, 3.05) is 13.7 Å². The van der Waals surface area contributed by atoms with Crippen LogP contribution >= 0.6 is 0 Å². The summed E-state index contributed by atoms with van der Waals surface area (Å²) in [7, 11) is 1.43. The van der Waals surface area contributed by atoms with Crippen molar-refractivity contribution in [2.45, 2.75) is 25.8 Å². The van der Waals surface area contributed by atoms with Gasteiger partial charge >= 0.3 is 6.09 Å². The number of rotatable bonds is 4. The van der Waals surface area contributed by atoms with Gasteiger partial charge in [0.1, 0.15) is 17.4 Å². The molecular formula is C19H17F2N3O5. The first-order valence-corrected chi connectivity index (χ1v) is 8.78. The van der Waals surface area contributed by atoms with Crippen molar-refractivity contribution in [3.05, 3.63) is 41.6 Å². The Balaban J connectivity index is 1.68. The molecule has 0 saturated carbocycles. The molecule has 0 unspecified atom stereocenters. The Morgan fingerprint density at radius 1 is 1.38 bits per heavy atom. The maximum absolute atomic E-state index is 15.2. The maximum atomic E-state index is 15.2. The molecule has 10 heteroatoms. The Labute approximate surface area is 164 Å². The van der Waals surface area contributed by atoms with Gasteiger partial charge in [-0.05, 0) is 6.07 Å². The Hall–Kier alpha value is -3.43. The number of hydrogen-bond donors (Lipinski definition) is 1. The molecule has 0 spiro atoms. The molecule has 1 aromatic carbocycles. The van der Waals surface area contributed by atoms with Crippen LogP contribution in [0.25, 0.3) is 11.1 Å². The van der Waals surface area contributed by atoms with Crippen molar-refractivity contribution in [1.82, 2.24) is 15.2 Å². The quantitative estimate of drug-likeness (QED) is 0.839. The van der Waals surface area contributed by atoms with Crippen LogP contribution in [0.3, 0.4) is 0 Å². The van der Waals surface area contributed by atoms with Gasteiger partial charge < -0.3 is 19.5 Å². The molecule has 29 heavy (non-hydrogen) atoms. The second-order valence-corrected chi connectivity index (χ2v) is 6.61. The third-order valence-corrected chi connectivity index (χ3v) is 4.75. The number of halogens is 2. The molecule has 1 saturated heterocycles. The monoisotopic (exact) mass is 405 g/mol. The minimum absolute atomic E-state index is 0.0161. The average molecular weight is 405 g/mol. The molecule has 3 heterocycles. The Morgan fingerprint density at radius 2 is 2.17 bits per heavy atom. The first kappa shape index (κ1) is 18.9. The number of hydrogen-bond acceptors (Lipinski definition) is 6. The van der Waals surface area contributed by atoms with Gasteiger partial charge in [-0.2, -0.15) is 0 Å². The highest BCUT2D eigenvalue weighted by molar-refractivity contribution is 5.74. The summed E-state index contributed by atoms with van der Waals surface area (Å²) in [5, 5.41) is 2.54. The summed E-state index contributed by atoms with van der Waals surface area (Å²) >= 11 is 0. The zero-order chi connectivity index (χ0) is 20.7. The molecule has 152 valence electrons. The predicted molar refractivity (Wildman–Crippen MR) is 95.1 cm³/mol. The molecule has 1 N–H and O–H groups in total. The van der Waals surface area contributed by atoms with Gasteiger partial charge in [0.05, 0.1) is 31.3 Å². The molecule has 2 amide bonds. The van der Waals surface area contributed by atoms with Gasteiger partial charge in [0.15, 0.2) is 6.10 Å². The summed E-state index contributed by atoms with van der Waals surface area (Å²) in [5.41, 5.74) is -0.0211. The number of ether oxygens (including phenoxy) is 3. The number of nitrogens with one attached hydrogen (secondary N) is 1. The molecule has 4 rings (SSSR count). The fraction of sp³-hybridized carbons (Fsp3) is 0.316. The van der Waals surface area contributed by atoms with Gasteiger partial charge in [0.2, 0.25) is 18.0 Å². The van der Waals surface area contributed by atoms with E-state index >= 15 is 4.39 Å². The molecule has 2 aliphatic rings. The smallest absolute Gasteiger partial charge is 0.413 e. The lowest BCUT2D eigenvalue weighted by molar-refractivity contribution is -0.119. The summed E-state index contributed by atoms with van der Waals surface area (Å²) in [6.07, 6.45) is -1.09. The fourth-order valence-corrected chi connectivity index (χ4v) is 3.35. The lowest BCUT2D eigenvalue weighted by Gasteiger charge is -2.32. The van der Waals surface area contributed by atoms with Crippen molar-refractivity contribution >= 4 is 12.0 Å². The normalized spacial score (nSPS) is 19.7. The zero-order valence-electron chi connectivity index (χ0n) is 15.6. The van der Waals surface area contributed by atoms with Crippen molar-refractivity contribution in [3.8, 4) is 22.8 Å². The Kier molecular flexibility index (Phi) is 4.69. The molecular weight excluding hydrogens is 388 g/mol. The molecule has 0 aliphatic carbocycles. The number of benzene rings is 1. The van der Waals surface area contributed by atoms with Crippen LogP contribution in [0, 0.1) is 11.6 Å². The SMILES string of the molecule is COc1ccc(-c2c(F)cc3c(c2F)CN2C(=O)O[C@@H](CNC(C)=O)[C@@H]2O3)cn1. The van der Waals surface area contributed by atoms with Crippen LogP contribution in [0.4, 0.5) is 13.6 Å². The largest absolute Gasteiger partial charge is 0.481 e.